The van der Waals surface area contributed by atoms with Crippen LogP contribution in [0.15, 0.2) is 29.6 Å². The number of rotatable bonds is 8. The first-order valence-corrected chi connectivity index (χ1v) is 9.64. The molecule has 2 amide bonds. The Labute approximate surface area is 166 Å². The Hall–Kier alpha value is -2.94. The van der Waals surface area contributed by atoms with Gasteiger partial charge in [0.1, 0.15) is 10.8 Å². The molecule has 9 heteroatoms. The number of thiazole rings is 1. The van der Waals surface area contributed by atoms with E-state index >= 15 is 0 Å². The second kappa shape index (κ2) is 8.83. The van der Waals surface area contributed by atoms with Gasteiger partial charge in [-0.1, -0.05) is 0 Å². The molecule has 1 fully saturated rings. The zero-order valence-corrected chi connectivity index (χ0v) is 16.5. The number of methoxy groups -OCH3 is 1. The number of hydrogen-bond acceptors (Lipinski definition) is 7. The van der Waals surface area contributed by atoms with Crippen molar-refractivity contribution in [1.29, 1.82) is 0 Å². The number of aromatic nitrogens is 1. The molecule has 1 N–H and O–H groups in total. The minimum atomic E-state index is -0.680. The highest BCUT2D eigenvalue weighted by molar-refractivity contribution is 7.13. The van der Waals surface area contributed by atoms with Gasteiger partial charge >= 0.3 is 5.97 Å². The van der Waals surface area contributed by atoms with E-state index in [-0.39, 0.29) is 24.2 Å². The van der Waals surface area contributed by atoms with Gasteiger partial charge in [-0.05, 0) is 37.1 Å². The van der Waals surface area contributed by atoms with E-state index < -0.39 is 18.5 Å². The van der Waals surface area contributed by atoms with E-state index in [0.29, 0.717) is 5.01 Å². The van der Waals surface area contributed by atoms with Crippen LogP contribution >= 0.6 is 11.3 Å². The SMILES string of the molecule is COc1ccc(-c2nc(C(=O)OCC(=O)N(C)CC(=O)NC3CC3)cs2)cc1. The maximum Gasteiger partial charge on any atom is 0.358 e. The summed E-state index contributed by atoms with van der Waals surface area (Å²) in [5.74, 6) is -0.619. The van der Waals surface area contributed by atoms with Crippen LogP contribution in [0.25, 0.3) is 10.6 Å². The third kappa shape index (κ3) is 5.29. The standard InChI is InChI=1S/C19H21N3O5S/c1-22(9-16(23)20-13-5-6-13)17(24)10-27-19(25)15-11-28-18(21-15)12-3-7-14(26-2)8-4-12/h3-4,7-8,11,13H,5-6,9-10H2,1-2H3,(H,20,23). The third-order valence-electron chi connectivity index (χ3n) is 4.13. The van der Waals surface area contributed by atoms with Gasteiger partial charge in [0, 0.05) is 24.0 Å². The number of nitrogens with zero attached hydrogens (tertiary/aromatic N) is 2. The molecule has 0 bridgehead atoms. The lowest BCUT2D eigenvalue weighted by molar-refractivity contribution is -0.137. The molecule has 1 aliphatic rings. The second-order valence-electron chi connectivity index (χ2n) is 6.43. The minimum absolute atomic E-state index is 0.0643. The smallest absolute Gasteiger partial charge is 0.358 e. The molecule has 1 aromatic heterocycles. The summed E-state index contributed by atoms with van der Waals surface area (Å²) in [7, 11) is 3.08. The van der Waals surface area contributed by atoms with E-state index in [1.165, 1.54) is 23.3 Å². The topological polar surface area (TPSA) is 97.8 Å². The zero-order chi connectivity index (χ0) is 20.1. The fourth-order valence-electron chi connectivity index (χ4n) is 2.35. The van der Waals surface area contributed by atoms with Crippen LogP contribution in [0.2, 0.25) is 0 Å². The molecule has 0 spiro atoms. The molecule has 0 aliphatic heterocycles. The van der Waals surface area contributed by atoms with Crippen LogP contribution in [-0.4, -0.2) is 61.0 Å². The molecule has 8 nitrogen and oxygen atoms in total. The van der Waals surface area contributed by atoms with Gasteiger partial charge in [0.05, 0.1) is 13.7 Å². The number of likely N-dealkylation sites (N-methyl/N-ethyl adjacent to an activating group) is 1. The van der Waals surface area contributed by atoms with Crippen molar-refractivity contribution >= 4 is 29.1 Å². The molecule has 0 atom stereocenters. The van der Waals surface area contributed by atoms with Crippen LogP contribution in [0, 0.1) is 0 Å². The average molecular weight is 403 g/mol. The Bertz CT molecular complexity index is 861. The Morgan fingerprint density at radius 2 is 1.96 bits per heavy atom. The predicted molar refractivity (Wildman–Crippen MR) is 103 cm³/mol. The normalized spacial score (nSPS) is 12.9. The summed E-state index contributed by atoms with van der Waals surface area (Å²) in [6.07, 6.45) is 1.96. The van der Waals surface area contributed by atoms with E-state index in [1.807, 2.05) is 24.3 Å². The summed E-state index contributed by atoms with van der Waals surface area (Å²) in [4.78, 5) is 41.4. The maximum absolute atomic E-state index is 12.1. The van der Waals surface area contributed by atoms with Crippen LogP contribution in [0.3, 0.4) is 0 Å². The molecule has 0 unspecified atom stereocenters. The highest BCUT2D eigenvalue weighted by Crippen LogP contribution is 2.26. The van der Waals surface area contributed by atoms with Crippen molar-refractivity contribution in [3.05, 3.63) is 35.3 Å². The van der Waals surface area contributed by atoms with Crippen molar-refractivity contribution in [2.45, 2.75) is 18.9 Å². The number of benzene rings is 1. The van der Waals surface area contributed by atoms with Gasteiger partial charge < -0.3 is 19.7 Å². The summed E-state index contributed by atoms with van der Waals surface area (Å²) in [5.41, 5.74) is 0.986. The highest BCUT2D eigenvalue weighted by atomic mass is 32.1. The molecule has 1 heterocycles. The van der Waals surface area contributed by atoms with Gasteiger partial charge in [-0.25, -0.2) is 9.78 Å². The lowest BCUT2D eigenvalue weighted by Gasteiger charge is -2.16. The predicted octanol–water partition coefficient (Wildman–Crippen LogP) is 1.71. The lowest BCUT2D eigenvalue weighted by atomic mass is 10.2. The molecule has 3 rings (SSSR count). The monoisotopic (exact) mass is 403 g/mol. The number of hydrogen-bond donors (Lipinski definition) is 1. The first-order valence-electron chi connectivity index (χ1n) is 8.76. The fourth-order valence-corrected chi connectivity index (χ4v) is 3.15. The molecule has 1 saturated carbocycles. The highest BCUT2D eigenvalue weighted by Gasteiger charge is 2.24. The van der Waals surface area contributed by atoms with Gasteiger partial charge in [-0.3, -0.25) is 9.59 Å². The Morgan fingerprint density at radius 1 is 1.25 bits per heavy atom. The number of esters is 1. The molecule has 0 saturated heterocycles. The van der Waals surface area contributed by atoms with Crippen LogP contribution < -0.4 is 10.1 Å². The molecule has 148 valence electrons. The molecule has 28 heavy (non-hydrogen) atoms. The third-order valence-corrected chi connectivity index (χ3v) is 5.02. The Balaban J connectivity index is 1.49. The second-order valence-corrected chi connectivity index (χ2v) is 7.29. The number of nitrogens with one attached hydrogen (secondary N) is 1. The van der Waals surface area contributed by atoms with Gasteiger partial charge in [-0.2, -0.15) is 0 Å². The quantitative estimate of drug-likeness (QED) is 0.674. The maximum atomic E-state index is 12.1. The lowest BCUT2D eigenvalue weighted by Crippen LogP contribution is -2.40. The van der Waals surface area contributed by atoms with Crippen LogP contribution in [0.5, 0.6) is 5.75 Å². The molecule has 2 aromatic rings. The number of carbonyl (C=O) groups excluding carboxylic acids is 3. The largest absolute Gasteiger partial charge is 0.497 e. The van der Waals surface area contributed by atoms with E-state index in [4.69, 9.17) is 9.47 Å². The van der Waals surface area contributed by atoms with Crippen molar-refractivity contribution in [3.63, 3.8) is 0 Å². The molecular formula is C19H21N3O5S. The van der Waals surface area contributed by atoms with E-state index in [9.17, 15) is 14.4 Å². The number of ether oxygens (including phenoxy) is 2. The summed E-state index contributed by atoms with van der Waals surface area (Å²) in [6.45, 7) is -0.507. The minimum Gasteiger partial charge on any atom is -0.497 e. The number of carbonyl (C=O) groups is 3. The van der Waals surface area contributed by atoms with Gasteiger partial charge in [-0.15, -0.1) is 11.3 Å². The van der Waals surface area contributed by atoms with Crippen LogP contribution in [0.4, 0.5) is 0 Å². The van der Waals surface area contributed by atoms with Crippen molar-refractivity contribution in [1.82, 2.24) is 15.2 Å². The van der Waals surface area contributed by atoms with E-state index in [1.54, 1.807) is 12.5 Å². The fraction of sp³-hybridized carbons (Fsp3) is 0.368. The summed E-state index contributed by atoms with van der Waals surface area (Å²) in [6, 6.07) is 7.54. The van der Waals surface area contributed by atoms with Crippen LogP contribution in [0.1, 0.15) is 23.3 Å². The summed E-state index contributed by atoms with van der Waals surface area (Å²) >= 11 is 1.30. The van der Waals surface area contributed by atoms with Gasteiger partial charge in [0.25, 0.3) is 5.91 Å². The van der Waals surface area contributed by atoms with Crippen molar-refractivity contribution in [2.24, 2.45) is 0 Å². The van der Waals surface area contributed by atoms with Gasteiger partial charge in [0.15, 0.2) is 12.3 Å². The van der Waals surface area contributed by atoms with Crippen molar-refractivity contribution < 1.29 is 23.9 Å². The summed E-state index contributed by atoms with van der Waals surface area (Å²) < 4.78 is 10.1. The zero-order valence-electron chi connectivity index (χ0n) is 15.6. The Kier molecular flexibility index (Phi) is 6.25. The van der Waals surface area contributed by atoms with Gasteiger partial charge in [0.2, 0.25) is 5.91 Å². The molecule has 1 aliphatic carbocycles. The first kappa shape index (κ1) is 19.8. The molecule has 1 aromatic carbocycles. The van der Waals surface area contributed by atoms with Crippen molar-refractivity contribution in [2.75, 3.05) is 27.3 Å². The van der Waals surface area contributed by atoms with Crippen molar-refractivity contribution in [3.8, 4) is 16.3 Å². The van der Waals surface area contributed by atoms with E-state index in [2.05, 4.69) is 10.3 Å². The van der Waals surface area contributed by atoms with E-state index in [0.717, 1.165) is 24.2 Å². The van der Waals surface area contributed by atoms with Crippen LogP contribution in [-0.2, 0) is 14.3 Å². The Morgan fingerprint density at radius 3 is 2.61 bits per heavy atom. The number of amides is 2. The molecular weight excluding hydrogens is 382 g/mol. The molecule has 0 radical (unpaired) electrons. The summed E-state index contributed by atoms with van der Waals surface area (Å²) in [5, 5.41) is 5.04. The average Bonchev–Trinajstić information content (AvgIpc) is 3.36. The first-order chi connectivity index (χ1) is 13.5.